The lowest BCUT2D eigenvalue weighted by Gasteiger charge is -2.11. The molecule has 0 radical (unpaired) electrons. The first-order chi connectivity index (χ1) is 10.3. The van der Waals surface area contributed by atoms with Crippen LogP contribution in [0.4, 0.5) is 0 Å². The van der Waals surface area contributed by atoms with Crippen LogP contribution in [0.3, 0.4) is 0 Å². The van der Waals surface area contributed by atoms with Crippen molar-refractivity contribution in [1.82, 2.24) is 9.97 Å². The minimum absolute atomic E-state index is 0.484. The Morgan fingerprint density at radius 3 is 1.81 bits per heavy atom. The molecule has 0 atom stereocenters. The quantitative estimate of drug-likeness (QED) is 0.730. The number of H-pyrrole nitrogens is 1. The SMILES string of the molecule is BC(c1ccccc1)c1ccccc1.CCc1ncc[nH]1. The van der Waals surface area contributed by atoms with E-state index in [1.807, 2.05) is 6.20 Å². The number of benzene rings is 2. The number of aryl methyl sites for hydroxylation is 1. The first-order valence-electron chi connectivity index (χ1n) is 7.39. The summed E-state index contributed by atoms with van der Waals surface area (Å²) in [5.74, 6) is 1.54. The van der Waals surface area contributed by atoms with Crippen LogP contribution in [0.15, 0.2) is 73.1 Å². The van der Waals surface area contributed by atoms with Crippen LogP contribution in [-0.2, 0) is 6.42 Å². The van der Waals surface area contributed by atoms with E-state index in [0.717, 1.165) is 12.2 Å². The number of rotatable bonds is 3. The van der Waals surface area contributed by atoms with Crippen molar-refractivity contribution in [3.63, 3.8) is 0 Å². The van der Waals surface area contributed by atoms with E-state index in [0.29, 0.717) is 5.82 Å². The normalized spacial score (nSPS) is 10.0. The molecule has 0 bridgehead atoms. The van der Waals surface area contributed by atoms with Crippen LogP contribution in [0.2, 0.25) is 0 Å². The van der Waals surface area contributed by atoms with Crippen molar-refractivity contribution < 1.29 is 0 Å². The van der Waals surface area contributed by atoms with E-state index in [1.165, 1.54) is 11.1 Å². The molecule has 0 saturated heterocycles. The van der Waals surface area contributed by atoms with Gasteiger partial charge in [-0.1, -0.05) is 67.6 Å². The van der Waals surface area contributed by atoms with Gasteiger partial charge in [0.2, 0.25) is 0 Å². The van der Waals surface area contributed by atoms with Crippen LogP contribution in [-0.4, -0.2) is 17.8 Å². The van der Waals surface area contributed by atoms with Crippen LogP contribution in [0, 0.1) is 0 Å². The Morgan fingerprint density at radius 1 is 0.952 bits per heavy atom. The van der Waals surface area contributed by atoms with Crippen LogP contribution in [0.25, 0.3) is 0 Å². The molecule has 0 amide bonds. The van der Waals surface area contributed by atoms with E-state index in [4.69, 9.17) is 0 Å². The minimum Gasteiger partial charge on any atom is -0.349 e. The molecule has 21 heavy (non-hydrogen) atoms. The van der Waals surface area contributed by atoms with E-state index in [2.05, 4.69) is 85.4 Å². The Hall–Kier alpha value is -2.29. The number of hydrogen-bond acceptors (Lipinski definition) is 1. The Kier molecular flexibility index (Phi) is 5.83. The highest BCUT2D eigenvalue weighted by atomic mass is 14.9. The predicted molar refractivity (Wildman–Crippen MR) is 91.2 cm³/mol. The summed E-state index contributed by atoms with van der Waals surface area (Å²) in [5, 5.41) is 0. The van der Waals surface area contributed by atoms with Gasteiger partial charge in [0.25, 0.3) is 0 Å². The van der Waals surface area contributed by atoms with E-state index in [-0.39, 0.29) is 0 Å². The van der Waals surface area contributed by atoms with E-state index < -0.39 is 0 Å². The molecule has 0 saturated carbocycles. The summed E-state index contributed by atoms with van der Waals surface area (Å²) >= 11 is 0. The third-order valence-corrected chi connectivity index (χ3v) is 3.49. The van der Waals surface area contributed by atoms with Gasteiger partial charge in [-0.3, -0.25) is 0 Å². The molecule has 0 fully saturated rings. The maximum atomic E-state index is 3.98. The molecule has 106 valence electrons. The maximum absolute atomic E-state index is 3.98. The Bertz CT molecular complexity index is 567. The lowest BCUT2D eigenvalue weighted by Crippen LogP contribution is -1.99. The lowest BCUT2D eigenvalue weighted by molar-refractivity contribution is 0.990. The summed E-state index contributed by atoms with van der Waals surface area (Å²) in [7, 11) is 2.24. The Morgan fingerprint density at radius 2 is 1.48 bits per heavy atom. The lowest BCUT2D eigenvalue weighted by atomic mass is 9.76. The van der Waals surface area contributed by atoms with Crippen molar-refractivity contribution in [2.24, 2.45) is 0 Å². The fraction of sp³-hybridized carbons (Fsp3) is 0.167. The van der Waals surface area contributed by atoms with Crippen LogP contribution >= 0.6 is 0 Å². The summed E-state index contributed by atoms with van der Waals surface area (Å²) in [4.78, 5) is 6.95. The van der Waals surface area contributed by atoms with E-state index in [1.54, 1.807) is 6.20 Å². The molecular weight excluding hydrogens is 255 g/mol. The molecular formula is C18H21BN2. The summed E-state index contributed by atoms with van der Waals surface area (Å²) in [6.45, 7) is 2.07. The second-order valence-corrected chi connectivity index (χ2v) is 4.93. The molecule has 2 aromatic carbocycles. The molecule has 0 aliphatic heterocycles. The molecule has 3 rings (SSSR count). The molecule has 3 aromatic rings. The van der Waals surface area contributed by atoms with Gasteiger partial charge in [-0.2, -0.15) is 0 Å². The fourth-order valence-electron chi connectivity index (χ4n) is 2.17. The van der Waals surface area contributed by atoms with Crippen molar-refractivity contribution in [2.75, 3.05) is 0 Å². The average molecular weight is 276 g/mol. The number of aromatic amines is 1. The highest BCUT2D eigenvalue weighted by Crippen LogP contribution is 2.20. The molecule has 0 unspecified atom stereocenters. The minimum atomic E-state index is 0.484. The third kappa shape index (κ3) is 4.64. The second-order valence-electron chi connectivity index (χ2n) is 4.93. The van der Waals surface area contributed by atoms with Gasteiger partial charge in [-0.25, -0.2) is 4.98 Å². The van der Waals surface area contributed by atoms with E-state index >= 15 is 0 Å². The van der Waals surface area contributed by atoms with Gasteiger partial charge in [0, 0.05) is 18.8 Å². The number of aromatic nitrogens is 2. The number of nitrogens with one attached hydrogen (secondary N) is 1. The van der Waals surface area contributed by atoms with Crippen LogP contribution in [0.5, 0.6) is 0 Å². The van der Waals surface area contributed by atoms with E-state index in [9.17, 15) is 0 Å². The monoisotopic (exact) mass is 276 g/mol. The van der Waals surface area contributed by atoms with Crippen molar-refractivity contribution in [3.05, 3.63) is 90.0 Å². The van der Waals surface area contributed by atoms with Crippen molar-refractivity contribution in [3.8, 4) is 0 Å². The highest BCUT2D eigenvalue weighted by molar-refractivity contribution is 6.14. The molecule has 0 aliphatic carbocycles. The largest absolute Gasteiger partial charge is 0.349 e. The number of imidazole rings is 1. The van der Waals surface area contributed by atoms with Gasteiger partial charge in [0.05, 0.1) is 0 Å². The maximum Gasteiger partial charge on any atom is 0.116 e. The molecule has 1 N–H and O–H groups in total. The predicted octanol–water partition coefficient (Wildman–Crippen LogP) is 3.38. The zero-order valence-corrected chi connectivity index (χ0v) is 12.7. The van der Waals surface area contributed by atoms with Gasteiger partial charge in [0.1, 0.15) is 13.7 Å². The van der Waals surface area contributed by atoms with Crippen molar-refractivity contribution >= 4 is 7.85 Å². The zero-order chi connectivity index (χ0) is 14.9. The highest BCUT2D eigenvalue weighted by Gasteiger charge is 2.05. The van der Waals surface area contributed by atoms with Gasteiger partial charge in [0.15, 0.2) is 0 Å². The summed E-state index contributed by atoms with van der Waals surface area (Å²) in [5.41, 5.74) is 2.75. The Labute approximate surface area is 127 Å². The Balaban J connectivity index is 0.000000194. The van der Waals surface area contributed by atoms with Crippen molar-refractivity contribution in [1.29, 1.82) is 0 Å². The van der Waals surface area contributed by atoms with Gasteiger partial charge >= 0.3 is 0 Å². The first kappa shape index (κ1) is 15.1. The van der Waals surface area contributed by atoms with Crippen LogP contribution in [0.1, 0.15) is 29.7 Å². The van der Waals surface area contributed by atoms with Gasteiger partial charge in [-0.15, -0.1) is 0 Å². The standard InChI is InChI=1S/C13H13B.C5H8N2/c14-13(11-7-3-1-4-8-11)12-9-5-2-6-10-12;1-2-5-6-3-4-7-5/h1-10,13H,14H2;3-4H,2H2,1H3,(H,6,7). The molecule has 3 heteroatoms. The molecule has 0 aliphatic rings. The topological polar surface area (TPSA) is 28.7 Å². The molecule has 1 heterocycles. The average Bonchev–Trinajstić information content (AvgIpc) is 3.10. The van der Waals surface area contributed by atoms with Gasteiger partial charge in [-0.05, 0) is 16.9 Å². The second kappa shape index (κ2) is 8.10. The summed E-state index contributed by atoms with van der Waals surface area (Å²) < 4.78 is 0. The van der Waals surface area contributed by atoms with Crippen molar-refractivity contribution in [2.45, 2.75) is 19.2 Å². The first-order valence-corrected chi connectivity index (χ1v) is 7.39. The van der Waals surface area contributed by atoms with Gasteiger partial charge < -0.3 is 4.98 Å². The third-order valence-electron chi connectivity index (χ3n) is 3.49. The number of hydrogen-bond donors (Lipinski definition) is 1. The van der Waals surface area contributed by atoms with Crippen LogP contribution < -0.4 is 0 Å². The zero-order valence-electron chi connectivity index (χ0n) is 12.7. The smallest absolute Gasteiger partial charge is 0.116 e. The molecule has 2 nitrogen and oxygen atoms in total. The summed E-state index contributed by atoms with van der Waals surface area (Å²) in [6.07, 6.45) is 4.59. The number of nitrogens with zero attached hydrogens (tertiary/aromatic N) is 1. The summed E-state index contributed by atoms with van der Waals surface area (Å²) in [6, 6.07) is 21.2. The molecule has 1 aromatic heterocycles. The molecule has 0 spiro atoms. The fourth-order valence-corrected chi connectivity index (χ4v) is 2.17.